The minimum atomic E-state index is 0.109. The molecule has 0 aromatic heterocycles. The fraction of sp³-hybridized carbons (Fsp3) is 0.294. The molecule has 1 atom stereocenters. The zero-order valence-electron chi connectivity index (χ0n) is 11.9. The molecule has 0 radical (unpaired) electrons. The van der Waals surface area contributed by atoms with Crippen LogP contribution < -0.4 is 4.74 Å². The van der Waals surface area contributed by atoms with E-state index in [1.165, 1.54) is 0 Å². The maximum Gasteiger partial charge on any atom is 0.122 e. The summed E-state index contributed by atoms with van der Waals surface area (Å²) >= 11 is 11.9. The van der Waals surface area contributed by atoms with Crippen LogP contribution in [0.1, 0.15) is 11.1 Å². The lowest BCUT2D eigenvalue weighted by Gasteiger charge is -2.16. The average Bonchev–Trinajstić information content (AvgIpc) is 2.49. The highest BCUT2D eigenvalue weighted by Gasteiger charge is 2.13. The van der Waals surface area contributed by atoms with Crippen LogP contribution in [-0.4, -0.2) is 18.8 Å². The van der Waals surface area contributed by atoms with E-state index in [-0.39, 0.29) is 12.5 Å². The van der Waals surface area contributed by atoms with Gasteiger partial charge in [-0.05, 0) is 60.2 Å². The van der Waals surface area contributed by atoms with Crippen molar-refractivity contribution >= 4 is 23.2 Å². The fourth-order valence-corrected chi connectivity index (χ4v) is 2.69. The SMILES string of the molecule is COc1ccc(Cl)cc1CC(CO)Cc1ccc(Cl)cc1. The van der Waals surface area contributed by atoms with E-state index in [1.807, 2.05) is 36.4 Å². The summed E-state index contributed by atoms with van der Waals surface area (Å²) in [6.07, 6.45) is 1.49. The van der Waals surface area contributed by atoms with Gasteiger partial charge in [0.1, 0.15) is 5.75 Å². The third-order valence-corrected chi connectivity index (χ3v) is 3.93. The molecule has 21 heavy (non-hydrogen) atoms. The van der Waals surface area contributed by atoms with Crippen molar-refractivity contribution in [3.63, 3.8) is 0 Å². The highest BCUT2D eigenvalue weighted by Crippen LogP contribution is 2.26. The van der Waals surface area contributed by atoms with E-state index in [2.05, 4.69) is 0 Å². The predicted molar refractivity (Wildman–Crippen MR) is 87.4 cm³/mol. The zero-order valence-corrected chi connectivity index (χ0v) is 13.4. The molecule has 0 saturated heterocycles. The molecule has 2 nitrogen and oxygen atoms in total. The summed E-state index contributed by atoms with van der Waals surface area (Å²) < 4.78 is 5.35. The van der Waals surface area contributed by atoms with Gasteiger partial charge in [-0.1, -0.05) is 35.3 Å². The van der Waals surface area contributed by atoms with Gasteiger partial charge in [-0.3, -0.25) is 0 Å². The lowest BCUT2D eigenvalue weighted by atomic mass is 9.93. The third-order valence-electron chi connectivity index (χ3n) is 3.45. The summed E-state index contributed by atoms with van der Waals surface area (Å²) in [6, 6.07) is 13.3. The fourth-order valence-electron chi connectivity index (χ4n) is 2.37. The van der Waals surface area contributed by atoms with E-state index in [4.69, 9.17) is 27.9 Å². The topological polar surface area (TPSA) is 29.5 Å². The van der Waals surface area contributed by atoms with Crippen molar-refractivity contribution in [3.8, 4) is 5.75 Å². The van der Waals surface area contributed by atoms with Gasteiger partial charge in [0.05, 0.1) is 7.11 Å². The van der Waals surface area contributed by atoms with Crippen molar-refractivity contribution < 1.29 is 9.84 Å². The van der Waals surface area contributed by atoms with Crippen LogP contribution in [0.3, 0.4) is 0 Å². The Morgan fingerprint density at radius 3 is 2.29 bits per heavy atom. The van der Waals surface area contributed by atoms with Crippen molar-refractivity contribution in [2.75, 3.05) is 13.7 Å². The number of hydrogen-bond acceptors (Lipinski definition) is 2. The van der Waals surface area contributed by atoms with Crippen molar-refractivity contribution in [3.05, 3.63) is 63.6 Å². The Labute approximate surface area is 135 Å². The van der Waals surface area contributed by atoms with Gasteiger partial charge in [-0.15, -0.1) is 0 Å². The number of rotatable bonds is 6. The molecule has 2 aromatic rings. The second kappa shape index (κ2) is 7.69. The van der Waals surface area contributed by atoms with Gasteiger partial charge in [0.2, 0.25) is 0 Å². The van der Waals surface area contributed by atoms with E-state index in [9.17, 15) is 5.11 Å². The van der Waals surface area contributed by atoms with Crippen LogP contribution in [0.4, 0.5) is 0 Å². The number of hydrogen-bond donors (Lipinski definition) is 1. The molecule has 1 unspecified atom stereocenters. The minimum absolute atomic E-state index is 0.109. The molecule has 0 amide bonds. The van der Waals surface area contributed by atoms with Crippen LogP contribution >= 0.6 is 23.2 Å². The highest BCUT2D eigenvalue weighted by molar-refractivity contribution is 6.30. The number of aliphatic hydroxyl groups is 1. The standard InChI is InChI=1S/C17H18Cl2O2/c1-21-17-7-6-16(19)10-14(17)9-13(11-20)8-12-2-4-15(18)5-3-12/h2-7,10,13,20H,8-9,11H2,1H3. The van der Waals surface area contributed by atoms with Crippen molar-refractivity contribution in [2.45, 2.75) is 12.8 Å². The summed E-state index contributed by atoms with van der Waals surface area (Å²) in [4.78, 5) is 0. The molecule has 0 aliphatic carbocycles. The maximum absolute atomic E-state index is 9.64. The molecule has 0 fully saturated rings. The summed E-state index contributed by atoms with van der Waals surface area (Å²) in [6.45, 7) is 0.109. The molecule has 112 valence electrons. The van der Waals surface area contributed by atoms with Gasteiger partial charge in [0, 0.05) is 16.7 Å². The van der Waals surface area contributed by atoms with E-state index >= 15 is 0 Å². The van der Waals surface area contributed by atoms with Crippen LogP contribution in [0.2, 0.25) is 10.0 Å². The first-order valence-electron chi connectivity index (χ1n) is 6.80. The molecule has 0 spiro atoms. The molecule has 0 heterocycles. The van der Waals surface area contributed by atoms with Gasteiger partial charge >= 0.3 is 0 Å². The largest absolute Gasteiger partial charge is 0.496 e. The van der Waals surface area contributed by atoms with Crippen LogP contribution in [0, 0.1) is 5.92 Å². The minimum Gasteiger partial charge on any atom is -0.496 e. The Balaban J connectivity index is 2.11. The molecular formula is C17H18Cl2O2. The Kier molecular flexibility index (Phi) is 5.92. The summed E-state index contributed by atoms with van der Waals surface area (Å²) in [7, 11) is 1.64. The number of methoxy groups -OCH3 is 1. The van der Waals surface area contributed by atoms with Crippen LogP contribution in [0.25, 0.3) is 0 Å². The van der Waals surface area contributed by atoms with Gasteiger partial charge < -0.3 is 9.84 Å². The summed E-state index contributed by atoms with van der Waals surface area (Å²) in [5.41, 5.74) is 2.16. The van der Waals surface area contributed by atoms with Gasteiger partial charge in [0.15, 0.2) is 0 Å². The van der Waals surface area contributed by atoms with E-state index in [1.54, 1.807) is 13.2 Å². The number of ether oxygens (including phenoxy) is 1. The molecular weight excluding hydrogens is 307 g/mol. The number of halogens is 2. The van der Waals surface area contributed by atoms with Gasteiger partial charge in [-0.25, -0.2) is 0 Å². The lowest BCUT2D eigenvalue weighted by molar-refractivity contribution is 0.224. The summed E-state index contributed by atoms with van der Waals surface area (Å²) in [5.74, 6) is 0.910. The molecule has 2 rings (SSSR count). The van der Waals surface area contributed by atoms with Crippen molar-refractivity contribution in [1.29, 1.82) is 0 Å². The monoisotopic (exact) mass is 324 g/mol. The zero-order chi connectivity index (χ0) is 15.2. The Morgan fingerprint density at radius 1 is 1.00 bits per heavy atom. The maximum atomic E-state index is 9.64. The van der Waals surface area contributed by atoms with Gasteiger partial charge in [-0.2, -0.15) is 0 Å². The van der Waals surface area contributed by atoms with E-state index in [0.29, 0.717) is 11.4 Å². The predicted octanol–water partition coefficient (Wildman–Crippen LogP) is 4.40. The average molecular weight is 325 g/mol. The van der Waals surface area contributed by atoms with Gasteiger partial charge in [0.25, 0.3) is 0 Å². The molecule has 2 aromatic carbocycles. The van der Waals surface area contributed by atoms with E-state index < -0.39 is 0 Å². The van der Waals surface area contributed by atoms with E-state index in [0.717, 1.165) is 28.3 Å². The Morgan fingerprint density at radius 2 is 1.67 bits per heavy atom. The summed E-state index contributed by atoms with van der Waals surface area (Å²) in [5, 5.41) is 11.0. The number of benzene rings is 2. The Bertz CT molecular complexity index is 582. The quantitative estimate of drug-likeness (QED) is 0.853. The molecule has 0 bridgehead atoms. The smallest absolute Gasteiger partial charge is 0.122 e. The first kappa shape index (κ1) is 16.2. The molecule has 1 N–H and O–H groups in total. The second-order valence-electron chi connectivity index (χ2n) is 5.04. The number of aliphatic hydroxyl groups excluding tert-OH is 1. The normalized spacial score (nSPS) is 12.2. The van der Waals surface area contributed by atoms with Crippen molar-refractivity contribution in [2.24, 2.45) is 5.92 Å². The highest BCUT2D eigenvalue weighted by atomic mass is 35.5. The molecule has 0 aliphatic rings. The molecule has 4 heteroatoms. The third kappa shape index (κ3) is 4.63. The first-order valence-corrected chi connectivity index (χ1v) is 7.55. The van der Waals surface area contributed by atoms with Crippen LogP contribution in [0.15, 0.2) is 42.5 Å². The first-order chi connectivity index (χ1) is 10.1. The lowest BCUT2D eigenvalue weighted by Crippen LogP contribution is -2.13. The second-order valence-corrected chi connectivity index (χ2v) is 5.91. The van der Waals surface area contributed by atoms with Crippen molar-refractivity contribution in [1.82, 2.24) is 0 Å². The van der Waals surface area contributed by atoms with Crippen LogP contribution in [0.5, 0.6) is 5.75 Å². The Hall–Kier alpha value is -1.22. The molecule has 0 saturated carbocycles. The van der Waals surface area contributed by atoms with Crippen LogP contribution in [-0.2, 0) is 12.8 Å². The molecule has 0 aliphatic heterocycles.